The predicted octanol–water partition coefficient (Wildman–Crippen LogP) is 2.02. The molecule has 1 aliphatic rings. The Morgan fingerprint density at radius 3 is 2.35 bits per heavy atom. The van der Waals surface area contributed by atoms with Gasteiger partial charge in [0.15, 0.2) is 0 Å². The Labute approximate surface area is 113 Å². The van der Waals surface area contributed by atoms with Crippen molar-refractivity contribution < 1.29 is 22.7 Å². The maximum atomic E-state index is 12.0. The van der Waals surface area contributed by atoms with Crippen LogP contribution in [-0.4, -0.2) is 43.5 Å². The van der Waals surface area contributed by atoms with Crippen LogP contribution in [0.5, 0.6) is 5.75 Å². The normalized spacial score (nSPS) is 15.8. The molecule has 1 fully saturated rings. The fraction of sp³-hybridized carbons (Fsp3) is 0.417. The summed E-state index contributed by atoms with van der Waals surface area (Å²) in [5, 5.41) is 5.74. The quantitative estimate of drug-likeness (QED) is 0.876. The van der Waals surface area contributed by atoms with Gasteiger partial charge in [0.05, 0.1) is 0 Å². The van der Waals surface area contributed by atoms with Gasteiger partial charge in [0.1, 0.15) is 5.75 Å². The molecule has 0 atom stereocenters. The van der Waals surface area contributed by atoms with Gasteiger partial charge in [-0.3, -0.25) is 0 Å². The third kappa shape index (κ3) is 4.30. The Balaban J connectivity index is 1.91. The summed E-state index contributed by atoms with van der Waals surface area (Å²) in [4.78, 5) is 13.5. The van der Waals surface area contributed by atoms with Crippen molar-refractivity contribution in [1.82, 2.24) is 10.2 Å². The molecule has 0 aliphatic carbocycles. The lowest BCUT2D eigenvalue weighted by molar-refractivity contribution is -0.274. The highest BCUT2D eigenvalue weighted by Crippen LogP contribution is 2.24. The molecule has 0 bridgehead atoms. The first-order valence-electron chi connectivity index (χ1n) is 6.06. The van der Waals surface area contributed by atoms with Crippen LogP contribution in [0.15, 0.2) is 24.3 Å². The van der Waals surface area contributed by atoms with E-state index in [2.05, 4.69) is 15.4 Å². The van der Waals surface area contributed by atoms with Gasteiger partial charge in [0, 0.05) is 31.9 Å². The summed E-state index contributed by atoms with van der Waals surface area (Å²) in [6, 6.07) is 4.76. The van der Waals surface area contributed by atoms with Crippen molar-refractivity contribution in [3.8, 4) is 5.75 Å². The zero-order chi connectivity index (χ0) is 14.6. The van der Waals surface area contributed by atoms with Crippen LogP contribution < -0.4 is 15.4 Å². The minimum absolute atomic E-state index is 0.268. The summed E-state index contributed by atoms with van der Waals surface area (Å²) in [7, 11) is 0. The second-order valence-corrected chi connectivity index (χ2v) is 4.24. The Hall–Kier alpha value is -1.96. The van der Waals surface area contributed by atoms with Crippen LogP contribution in [0.3, 0.4) is 0 Å². The summed E-state index contributed by atoms with van der Waals surface area (Å²) < 4.78 is 39.7. The zero-order valence-electron chi connectivity index (χ0n) is 10.5. The number of halogens is 3. The number of amides is 2. The average Bonchev–Trinajstić information content (AvgIpc) is 2.40. The molecule has 1 heterocycles. The SMILES string of the molecule is O=C(Nc1ccc(OC(F)(F)F)cc1)N1CCNCC1. The Morgan fingerprint density at radius 2 is 1.80 bits per heavy atom. The molecule has 1 aliphatic heterocycles. The minimum Gasteiger partial charge on any atom is -0.406 e. The molecule has 0 saturated carbocycles. The standard InChI is InChI=1S/C12H14F3N3O2/c13-12(14,15)20-10-3-1-9(2-4-10)17-11(19)18-7-5-16-6-8-18/h1-4,16H,5-8H2,(H,17,19). The molecule has 20 heavy (non-hydrogen) atoms. The first kappa shape index (κ1) is 14.4. The molecule has 2 N–H and O–H groups in total. The lowest BCUT2D eigenvalue weighted by atomic mass is 10.3. The smallest absolute Gasteiger partial charge is 0.406 e. The summed E-state index contributed by atoms with van der Waals surface area (Å²) >= 11 is 0. The topological polar surface area (TPSA) is 53.6 Å². The summed E-state index contributed by atoms with van der Waals surface area (Å²) in [5.41, 5.74) is 0.419. The molecule has 1 aromatic rings. The lowest BCUT2D eigenvalue weighted by Crippen LogP contribution is -2.48. The van der Waals surface area contributed by atoms with E-state index in [1.807, 2.05) is 0 Å². The predicted molar refractivity (Wildman–Crippen MR) is 66.6 cm³/mol. The third-order valence-electron chi connectivity index (χ3n) is 2.74. The Morgan fingerprint density at radius 1 is 1.20 bits per heavy atom. The van der Waals surface area contributed by atoms with Crippen LogP contribution in [0.2, 0.25) is 0 Å². The first-order valence-corrected chi connectivity index (χ1v) is 6.06. The highest BCUT2D eigenvalue weighted by Gasteiger charge is 2.31. The van der Waals surface area contributed by atoms with Gasteiger partial charge >= 0.3 is 12.4 Å². The number of urea groups is 1. The Bertz CT molecular complexity index is 456. The van der Waals surface area contributed by atoms with E-state index < -0.39 is 6.36 Å². The molecule has 0 unspecified atom stereocenters. The van der Waals surface area contributed by atoms with Crippen molar-refractivity contribution in [3.63, 3.8) is 0 Å². The number of ether oxygens (including phenoxy) is 1. The molecule has 1 saturated heterocycles. The number of hydrogen-bond acceptors (Lipinski definition) is 3. The number of hydrogen-bond donors (Lipinski definition) is 2. The highest BCUT2D eigenvalue weighted by molar-refractivity contribution is 5.89. The summed E-state index contributed by atoms with van der Waals surface area (Å²) in [5.74, 6) is -0.322. The van der Waals surface area contributed by atoms with Gasteiger partial charge in [-0.15, -0.1) is 13.2 Å². The molecule has 1 aromatic carbocycles. The van der Waals surface area contributed by atoms with Crippen molar-refractivity contribution >= 4 is 11.7 Å². The summed E-state index contributed by atoms with van der Waals surface area (Å²) in [6.45, 7) is 2.65. The molecule has 110 valence electrons. The number of nitrogens with zero attached hydrogens (tertiary/aromatic N) is 1. The number of carbonyl (C=O) groups is 1. The van der Waals surface area contributed by atoms with E-state index in [1.54, 1.807) is 4.90 Å². The second kappa shape index (κ2) is 6.00. The van der Waals surface area contributed by atoms with Crippen molar-refractivity contribution in [1.29, 1.82) is 0 Å². The zero-order valence-corrected chi connectivity index (χ0v) is 10.5. The average molecular weight is 289 g/mol. The molecule has 0 radical (unpaired) electrons. The molecule has 0 aromatic heterocycles. The van der Waals surface area contributed by atoms with Crippen molar-refractivity contribution in [2.75, 3.05) is 31.5 Å². The van der Waals surface area contributed by atoms with Crippen molar-refractivity contribution in [3.05, 3.63) is 24.3 Å². The van der Waals surface area contributed by atoms with Crippen LogP contribution in [-0.2, 0) is 0 Å². The maximum absolute atomic E-state index is 12.0. The fourth-order valence-corrected chi connectivity index (χ4v) is 1.81. The van der Waals surface area contributed by atoms with Crippen molar-refractivity contribution in [2.45, 2.75) is 6.36 Å². The van der Waals surface area contributed by atoms with Crippen LogP contribution in [0.4, 0.5) is 23.7 Å². The van der Waals surface area contributed by atoms with Gasteiger partial charge in [0.25, 0.3) is 0 Å². The molecular weight excluding hydrogens is 275 g/mol. The van der Waals surface area contributed by atoms with Gasteiger partial charge in [-0.2, -0.15) is 0 Å². The fourth-order valence-electron chi connectivity index (χ4n) is 1.81. The van der Waals surface area contributed by atoms with E-state index in [0.29, 0.717) is 18.8 Å². The van der Waals surface area contributed by atoms with E-state index in [9.17, 15) is 18.0 Å². The number of nitrogens with one attached hydrogen (secondary N) is 2. The minimum atomic E-state index is -4.72. The van der Waals surface area contributed by atoms with Gasteiger partial charge < -0.3 is 20.3 Å². The van der Waals surface area contributed by atoms with Crippen molar-refractivity contribution in [2.24, 2.45) is 0 Å². The van der Waals surface area contributed by atoms with Gasteiger partial charge in [-0.1, -0.05) is 0 Å². The van der Waals surface area contributed by atoms with E-state index in [-0.39, 0.29) is 11.8 Å². The molecule has 5 nitrogen and oxygen atoms in total. The lowest BCUT2D eigenvalue weighted by Gasteiger charge is -2.27. The highest BCUT2D eigenvalue weighted by atomic mass is 19.4. The van der Waals surface area contributed by atoms with Gasteiger partial charge in [0.2, 0.25) is 0 Å². The molecule has 2 amide bonds. The molecule has 0 spiro atoms. The number of rotatable bonds is 2. The molecule has 2 rings (SSSR count). The second-order valence-electron chi connectivity index (χ2n) is 4.24. The first-order chi connectivity index (χ1) is 9.44. The number of alkyl halides is 3. The number of benzene rings is 1. The third-order valence-corrected chi connectivity index (χ3v) is 2.74. The molecule has 8 heteroatoms. The van der Waals surface area contributed by atoms with E-state index in [1.165, 1.54) is 12.1 Å². The van der Waals surface area contributed by atoms with E-state index in [4.69, 9.17) is 0 Å². The van der Waals surface area contributed by atoms with Crippen LogP contribution in [0, 0.1) is 0 Å². The number of carbonyl (C=O) groups excluding carboxylic acids is 1. The monoisotopic (exact) mass is 289 g/mol. The summed E-state index contributed by atoms with van der Waals surface area (Å²) in [6.07, 6.45) is -4.72. The van der Waals surface area contributed by atoms with E-state index >= 15 is 0 Å². The van der Waals surface area contributed by atoms with Crippen LogP contribution >= 0.6 is 0 Å². The van der Waals surface area contributed by atoms with E-state index in [0.717, 1.165) is 25.2 Å². The Kier molecular flexibility index (Phi) is 4.33. The van der Waals surface area contributed by atoms with Gasteiger partial charge in [-0.25, -0.2) is 4.79 Å². The number of piperazine rings is 1. The molecular formula is C12H14F3N3O2. The maximum Gasteiger partial charge on any atom is 0.573 e. The van der Waals surface area contributed by atoms with Gasteiger partial charge in [-0.05, 0) is 24.3 Å². The number of anilines is 1. The largest absolute Gasteiger partial charge is 0.573 e. The van der Waals surface area contributed by atoms with Crippen LogP contribution in [0.25, 0.3) is 0 Å². The van der Waals surface area contributed by atoms with Crippen LogP contribution in [0.1, 0.15) is 0 Å².